The van der Waals surface area contributed by atoms with Gasteiger partial charge in [-0.2, -0.15) is 0 Å². The lowest BCUT2D eigenvalue weighted by Crippen LogP contribution is -2.30. The molecule has 3 rings (SSSR count). The maximum absolute atomic E-state index is 2.39. The first-order valence-electron chi connectivity index (χ1n) is 9.82. The minimum Gasteiger partial charge on any atom is -0.0654 e. The van der Waals surface area contributed by atoms with Crippen molar-refractivity contribution in [1.82, 2.24) is 0 Å². The fourth-order valence-electron chi connectivity index (χ4n) is 5.07. The lowest BCUT2D eigenvalue weighted by atomic mass is 9.63. The van der Waals surface area contributed by atoms with E-state index >= 15 is 0 Å². The zero-order chi connectivity index (χ0) is 15.4. The Morgan fingerprint density at radius 2 is 1.59 bits per heavy atom. The Labute approximate surface area is 137 Å². The number of aryl methyl sites for hydroxylation is 1. The van der Waals surface area contributed by atoms with Crippen molar-refractivity contribution in [3.05, 3.63) is 35.4 Å². The van der Waals surface area contributed by atoms with Crippen LogP contribution in [0.2, 0.25) is 0 Å². The molecule has 2 saturated carbocycles. The fraction of sp³-hybridized carbons (Fsp3) is 0.727. The van der Waals surface area contributed by atoms with E-state index in [-0.39, 0.29) is 0 Å². The van der Waals surface area contributed by atoms with Crippen molar-refractivity contribution in [2.45, 2.75) is 84.0 Å². The van der Waals surface area contributed by atoms with Crippen LogP contribution >= 0.6 is 0 Å². The third-order valence-corrected chi connectivity index (χ3v) is 6.49. The van der Waals surface area contributed by atoms with Crippen LogP contribution in [0.5, 0.6) is 0 Å². The van der Waals surface area contributed by atoms with Crippen molar-refractivity contribution in [3.63, 3.8) is 0 Å². The highest BCUT2D eigenvalue weighted by Crippen LogP contribution is 2.48. The summed E-state index contributed by atoms with van der Waals surface area (Å²) in [5.74, 6) is 3.99. The molecule has 0 unspecified atom stereocenters. The monoisotopic (exact) mass is 298 g/mol. The predicted octanol–water partition coefficient (Wildman–Crippen LogP) is 6.88. The van der Waals surface area contributed by atoms with Gasteiger partial charge in [-0.3, -0.25) is 0 Å². The number of hydrogen-bond donors (Lipinski definition) is 0. The van der Waals surface area contributed by atoms with E-state index in [4.69, 9.17) is 0 Å². The number of hydrogen-bond acceptors (Lipinski definition) is 0. The van der Waals surface area contributed by atoms with Crippen molar-refractivity contribution < 1.29 is 0 Å². The van der Waals surface area contributed by atoms with E-state index in [0.717, 1.165) is 23.7 Å². The van der Waals surface area contributed by atoms with Crippen molar-refractivity contribution in [3.8, 4) is 0 Å². The Morgan fingerprint density at radius 1 is 0.864 bits per heavy atom. The third kappa shape index (κ3) is 3.94. The van der Waals surface area contributed by atoms with E-state index in [1.54, 1.807) is 12.0 Å². The maximum atomic E-state index is 2.39. The van der Waals surface area contributed by atoms with Crippen LogP contribution in [-0.2, 0) is 0 Å². The summed E-state index contributed by atoms with van der Waals surface area (Å²) in [6, 6.07) is 9.37. The molecule has 0 nitrogen and oxygen atoms in total. The molecular weight excluding hydrogens is 264 g/mol. The van der Waals surface area contributed by atoms with Gasteiger partial charge in [-0.15, -0.1) is 0 Å². The summed E-state index contributed by atoms with van der Waals surface area (Å²) in [7, 11) is 0. The van der Waals surface area contributed by atoms with Crippen molar-refractivity contribution in [1.29, 1.82) is 0 Å². The van der Waals surface area contributed by atoms with Crippen molar-refractivity contribution in [2.75, 3.05) is 0 Å². The van der Waals surface area contributed by atoms with Crippen LogP contribution in [-0.4, -0.2) is 0 Å². The molecule has 122 valence electrons. The molecule has 4 atom stereocenters. The van der Waals surface area contributed by atoms with Crippen LogP contribution in [0.25, 0.3) is 0 Å². The number of fused-ring (bicyclic) bond motifs is 1. The van der Waals surface area contributed by atoms with E-state index in [9.17, 15) is 0 Å². The molecule has 0 bridgehead atoms. The normalized spacial score (nSPS) is 31.7. The van der Waals surface area contributed by atoms with Crippen molar-refractivity contribution in [2.24, 2.45) is 17.8 Å². The summed E-state index contributed by atoms with van der Waals surface area (Å²) in [4.78, 5) is 0. The van der Waals surface area contributed by atoms with Crippen molar-refractivity contribution >= 4 is 0 Å². The molecule has 0 N–H and O–H groups in total. The van der Waals surface area contributed by atoms with Crippen LogP contribution < -0.4 is 0 Å². The summed E-state index contributed by atoms with van der Waals surface area (Å²) in [6.45, 7) is 4.52. The van der Waals surface area contributed by atoms with Crippen LogP contribution in [0.1, 0.15) is 88.2 Å². The molecule has 0 saturated heterocycles. The van der Waals surface area contributed by atoms with Gasteiger partial charge in [0.05, 0.1) is 0 Å². The minimum atomic E-state index is 0.846. The van der Waals surface area contributed by atoms with Gasteiger partial charge in [0.2, 0.25) is 0 Å². The van der Waals surface area contributed by atoms with Gasteiger partial charge in [-0.05, 0) is 68.3 Å². The summed E-state index contributed by atoms with van der Waals surface area (Å²) >= 11 is 0. The number of rotatable bonds is 5. The molecule has 1 aromatic carbocycles. The Morgan fingerprint density at radius 3 is 2.36 bits per heavy atom. The predicted molar refractivity (Wildman–Crippen MR) is 96.2 cm³/mol. The quantitative estimate of drug-likeness (QED) is 0.520. The molecule has 22 heavy (non-hydrogen) atoms. The highest BCUT2D eigenvalue weighted by Gasteiger charge is 2.35. The molecule has 2 aliphatic rings. The molecule has 2 fully saturated rings. The minimum absolute atomic E-state index is 0.846. The summed E-state index contributed by atoms with van der Waals surface area (Å²) in [6.07, 6.45) is 14.8. The second-order valence-electron chi connectivity index (χ2n) is 8.12. The van der Waals surface area contributed by atoms with Gasteiger partial charge < -0.3 is 0 Å². The molecular formula is C22H34. The first-order chi connectivity index (χ1) is 10.8. The lowest BCUT2D eigenvalue weighted by Gasteiger charge is -2.42. The molecule has 0 spiro atoms. The Balaban J connectivity index is 1.52. The zero-order valence-electron chi connectivity index (χ0n) is 14.7. The van der Waals surface area contributed by atoms with Gasteiger partial charge in [0.1, 0.15) is 0 Å². The Bertz CT molecular complexity index is 444. The second-order valence-corrected chi connectivity index (χ2v) is 8.12. The van der Waals surface area contributed by atoms with Gasteiger partial charge in [-0.25, -0.2) is 0 Å². The standard InChI is InChI=1S/C22H34/c1-3-4-5-6-18-9-12-22-16-21(14-13-20(22)15-18)19-10-7-17(2)8-11-19/h7-8,10-11,18,20-22H,3-6,9,12-16H2,1-2H3/t18-,20-,21+,22+/m0/s1. The topological polar surface area (TPSA) is 0 Å². The van der Waals surface area contributed by atoms with E-state index in [1.807, 2.05) is 0 Å². The van der Waals surface area contributed by atoms with E-state index in [0.29, 0.717) is 0 Å². The highest BCUT2D eigenvalue weighted by molar-refractivity contribution is 5.25. The summed E-state index contributed by atoms with van der Waals surface area (Å²) in [5.41, 5.74) is 3.00. The lowest BCUT2D eigenvalue weighted by molar-refractivity contribution is 0.113. The van der Waals surface area contributed by atoms with Gasteiger partial charge in [0.25, 0.3) is 0 Å². The SMILES string of the molecule is CCCCC[C@H]1CC[C@@H]2C[C@H](c3ccc(C)cc3)CC[C@H]2C1. The average Bonchev–Trinajstić information content (AvgIpc) is 2.55. The van der Waals surface area contributed by atoms with Crippen LogP contribution in [0.15, 0.2) is 24.3 Å². The molecule has 0 amide bonds. The van der Waals surface area contributed by atoms with Crippen LogP contribution in [0.3, 0.4) is 0 Å². The summed E-state index contributed by atoms with van der Waals surface area (Å²) in [5, 5.41) is 0. The fourth-order valence-corrected chi connectivity index (χ4v) is 5.07. The molecule has 0 radical (unpaired) electrons. The summed E-state index contributed by atoms with van der Waals surface area (Å²) < 4.78 is 0. The van der Waals surface area contributed by atoms with Gasteiger partial charge in [-0.1, -0.05) is 68.9 Å². The van der Waals surface area contributed by atoms with E-state index in [1.165, 1.54) is 63.4 Å². The third-order valence-electron chi connectivity index (χ3n) is 6.49. The molecule has 0 heterocycles. The maximum Gasteiger partial charge on any atom is -0.0159 e. The van der Waals surface area contributed by atoms with Gasteiger partial charge >= 0.3 is 0 Å². The zero-order valence-corrected chi connectivity index (χ0v) is 14.7. The van der Waals surface area contributed by atoms with Crippen LogP contribution in [0.4, 0.5) is 0 Å². The molecule has 0 aliphatic heterocycles. The Kier molecular flexibility index (Phi) is 5.61. The van der Waals surface area contributed by atoms with Crippen LogP contribution in [0, 0.1) is 24.7 Å². The molecule has 0 aromatic heterocycles. The van der Waals surface area contributed by atoms with Gasteiger partial charge in [0, 0.05) is 0 Å². The Hall–Kier alpha value is -0.780. The molecule has 2 aliphatic carbocycles. The highest BCUT2D eigenvalue weighted by atomic mass is 14.4. The molecule has 0 heteroatoms. The van der Waals surface area contributed by atoms with E-state index < -0.39 is 0 Å². The number of benzene rings is 1. The largest absolute Gasteiger partial charge is 0.0654 e. The first-order valence-corrected chi connectivity index (χ1v) is 9.82. The molecule has 1 aromatic rings. The first kappa shape index (κ1) is 16.1. The second kappa shape index (κ2) is 7.66. The smallest absolute Gasteiger partial charge is 0.0159 e. The van der Waals surface area contributed by atoms with Gasteiger partial charge in [0.15, 0.2) is 0 Å². The van der Waals surface area contributed by atoms with E-state index in [2.05, 4.69) is 38.1 Å². The average molecular weight is 299 g/mol. The number of unbranched alkanes of at least 4 members (excludes halogenated alkanes) is 2.